The van der Waals surface area contributed by atoms with Crippen molar-refractivity contribution in [3.05, 3.63) is 60.7 Å². The molecule has 0 aliphatic carbocycles. The summed E-state index contributed by atoms with van der Waals surface area (Å²) in [6, 6.07) is 19.4. The topological polar surface area (TPSA) is 46.2 Å². The van der Waals surface area contributed by atoms with Crippen LogP contribution in [0.3, 0.4) is 0 Å². The summed E-state index contributed by atoms with van der Waals surface area (Å²) in [5.41, 5.74) is 0. The van der Waals surface area contributed by atoms with E-state index in [1.54, 1.807) is 6.92 Å². The standard InChI is InChI=1S/C14H16NO2PS/c1-2-19(16,17)15-18(13-9-5-3-6-10-13)14-11-7-4-8-12-14/h3-12,15H,2H2,1H3. The maximum absolute atomic E-state index is 11.9. The largest absolute Gasteiger partial charge is 0.215 e. The number of hydrogen-bond donors (Lipinski definition) is 1. The SMILES string of the molecule is CCS(=O)(=O)NP(c1ccccc1)c1ccccc1. The van der Waals surface area contributed by atoms with Gasteiger partial charge in [0.1, 0.15) is 0 Å². The van der Waals surface area contributed by atoms with Gasteiger partial charge in [-0.05, 0) is 17.5 Å². The van der Waals surface area contributed by atoms with Crippen molar-refractivity contribution in [3.63, 3.8) is 0 Å². The Kier molecular flexibility index (Phi) is 4.70. The molecule has 0 aliphatic heterocycles. The summed E-state index contributed by atoms with van der Waals surface area (Å²) >= 11 is 0. The molecule has 0 amide bonds. The molecule has 2 aromatic carbocycles. The monoisotopic (exact) mass is 293 g/mol. The highest BCUT2D eigenvalue weighted by atomic mass is 32.2. The van der Waals surface area contributed by atoms with Gasteiger partial charge in [0.05, 0.1) is 5.75 Å². The van der Waals surface area contributed by atoms with Crippen LogP contribution in [0.2, 0.25) is 0 Å². The van der Waals surface area contributed by atoms with Crippen molar-refractivity contribution < 1.29 is 8.42 Å². The zero-order valence-electron chi connectivity index (χ0n) is 10.7. The van der Waals surface area contributed by atoms with Crippen LogP contribution in [0, 0.1) is 0 Å². The van der Waals surface area contributed by atoms with E-state index in [9.17, 15) is 8.42 Å². The van der Waals surface area contributed by atoms with Gasteiger partial charge in [0.2, 0.25) is 10.0 Å². The average Bonchev–Trinajstić information content (AvgIpc) is 2.47. The van der Waals surface area contributed by atoms with Crippen molar-refractivity contribution in [3.8, 4) is 0 Å². The van der Waals surface area contributed by atoms with Gasteiger partial charge in [0, 0.05) is 8.07 Å². The fourth-order valence-corrected chi connectivity index (χ4v) is 5.32. The van der Waals surface area contributed by atoms with Crippen molar-refractivity contribution in [2.45, 2.75) is 6.92 Å². The summed E-state index contributed by atoms with van der Waals surface area (Å²) < 4.78 is 26.5. The second kappa shape index (κ2) is 6.29. The number of sulfonamides is 1. The van der Waals surface area contributed by atoms with Gasteiger partial charge in [-0.2, -0.15) is 4.49 Å². The predicted octanol–water partition coefficient (Wildman–Crippen LogP) is 1.97. The molecule has 0 spiro atoms. The average molecular weight is 293 g/mol. The molecule has 2 rings (SSSR count). The van der Waals surface area contributed by atoms with Crippen molar-refractivity contribution >= 4 is 28.7 Å². The maximum Gasteiger partial charge on any atom is 0.215 e. The third kappa shape index (κ3) is 3.87. The van der Waals surface area contributed by atoms with E-state index in [1.165, 1.54) is 0 Å². The van der Waals surface area contributed by atoms with Crippen LogP contribution in [0.4, 0.5) is 0 Å². The van der Waals surface area contributed by atoms with E-state index in [1.807, 2.05) is 60.7 Å². The van der Waals surface area contributed by atoms with Crippen LogP contribution in [-0.4, -0.2) is 14.2 Å². The minimum atomic E-state index is -3.24. The fourth-order valence-electron chi connectivity index (χ4n) is 1.61. The van der Waals surface area contributed by atoms with Crippen LogP contribution in [0.1, 0.15) is 6.92 Å². The lowest BCUT2D eigenvalue weighted by atomic mass is 10.4. The predicted molar refractivity (Wildman–Crippen MR) is 81.7 cm³/mol. The quantitative estimate of drug-likeness (QED) is 0.857. The zero-order valence-corrected chi connectivity index (χ0v) is 12.4. The number of benzene rings is 2. The lowest BCUT2D eigenvalue weighted by molar-refractivity contribution is 0.595. The van der Waals surface area contributed by atoms with Crippen LogP contribution >= 0.6 is 8.07 Å². The summed E-state index contributed by atoms with van der Waals surface area (Å²) in [7, 11) is -4.32. The Labute approximate surface area is 115 Å². The van der Waals surface area contributed by atoms with Gasteiger partial charge < -0.3 is 0 Å². The maximum atomic E-state index is 11.9. The third-order valence-electron chi connectivity index (χ3n) is 2.64. The molecule has 1 N–H and O–H groups in total. The van der Waals surface area contributed by atoms with Crippen LogP contribution in [0.5, 0.6) is 0 Å². The Bertz CT molecular complexity index is 575. The van der Waals surface area contributed by atoms with Crippen molar-refractivity contribution in [1.82, 2.24) is 4.49 Å². The molecule has 0 aromatic heterocycles. The van der Waals surface area contributed by atoms with Crippen molar-refractivity contribution in [2.24, 2.45) is 0 Å². The lowest BCUT2D eigenvalue weighted by Gasteiger charge is -2.19. The number of rotatable bonds is 5. The molecule has 0 heterocycles. The van der Waals surface area contributed by atoms with Crippen LogP contribution < -0.4 is 15.1 Å². The highest BCUT2D eigenvalue weighted by Crippen LogP contribution is 2.29. The summed E-state index contributed by atoms with van der Waals surface area (Å²) in [5.74, 6) is 0.0888. The van der Waals surface area contributed by atoms with Gasteiger partial charge >= 0.3 is 0 Å². The minimum absolute atomic E-state index is 0.0888. The Morgan fingerprint density at radius 3 is 1.68 bits per heavy atom. The first-order chi connectivity index (χ1) is 9.12. The Balaban J connectivity index is 2.40. The molecule has 0 radical (unpaired) electrons. The first kappa shape index (κ1) is 14.2. The summed E-state index contributed by atoms with van der Waals surface area (Å²) in [6.45, 7) is 1.64. The molecule has 3 nitrogen and oxygen atoms in total. The highest BCUT2D eigenvalue weighted by Gasteiger charge is 2.19. The van der Waals surface area contributed by atoms with Crippen molar-refractivity contribution in [1.29, 1.82) is 0 Å². The molecular formula is C14H16NO2PS. The molecule has 5 heteroatoms. The lowest BCUT2D eigenvalue weighted by Crippen LogP contribution is -2.29. The van der Waals surface area contributed by atoms with E-state index in [2.05, 4.69) is 4.49 Å². The Morgan fingerprint density at radius 1 is 0.895 bits per heavy atom. The van der Waals surface area contributed by atoms with Gasteiger partial charge in [0.25, 0.3) is 0 Å². The van der Waals surface area contributed by atoms with Crippen LogP contribution in [-0.2, 0) is 10.0 Å². The first-order valence-electron chi connectivity index (χ1n) is 6.03. The van der Waals surface area contributed by atoms with Crippen LogP contribution in [0.15, 0.2) is 60.7 Å². The third-order valence-corrected chi connectivity index (χ3v) is 6.87. The Morgan fingerprint density at radius 2 is 1.32 bits per heavy atom. The van der Waals surface area contributed by atoms with E-state index in [-0.39, 0.29) is 5.75 Å². The van der Waals surface area contributed by atoms with Gasteiger partial charge in [-0.25, -0.2) is 8.42 Å². The van der Waals surface area contributed by atoms with E-state index < -0.39 is 18.1 Å². The molecule has 0 bridgehead atoms. The number of hydrogen-bond acceptors (Lipinski definition) is 2. The van der Waals surface area contributed by atoms with Gasteiger partial charge in [0.15, 0.2) is 0 Å². The first-order valence-corrected chi connectivity index (χ1v) is 9.02. The van der Waals surface area contributed by atoms with Crippen molar-refractivity contribution in [2.75, 3.05) is 5.75 Å². The molecule has 0 unspecified atom stereocenters. The van der Waals surface area contributed by atoms with E-state index in [4.69, 9.17) is 0 Å². The Hall–Kier alpha value is -1.22. The molecule has 0 fully saturated rings. The summed E-state index contributed by atoms with van der Waals surface area (Å²) in [6.07, 6.45) is 0. The molecule has 19 heavy (non-hydrogen) atoms. The second-order valence-corrected chi connectivity index (χ2v) is 8.24. The highest BCUT2D eigenvalue weighted by molar-refractivity contribution is 7.97. The van der Waals surface area contributed by atoms with E-state index >= 15 is 0 Å². The van der Waals surface area contributed by atoms with E-state index in [0.717, 1.165) is 10.6 Å². The molecule has 0 aliphatic rings. The molecule has 100 valence electrons. The molecule has 0 atom stereocenters. The summed E-state index contributed by atoms with van der Waals surface area (Å²) in [5, 5.41) is 2.00. The van der Waals surface area contributed by atoms with E-state index in [0.29, 0.717) is 0 Å². The smallest absolute Gasteiger partial charge is 0.212 e. The summed E-state index contributed by atoms with van der Waals surface area (Å²) in [4.78, 5) is 0. The molecular weight excluding hydrogens is 277 g/mol. The van der Waals surface area contributed by atoms with Gasteiger partial charge in [-0.3, -0.25) is 0 Å². The molecule has 2 aromatic rings. The molecule has 0 saturated carbocycles. The zero-order chi connectivity index (χ0) is 13.7. The van der Waals surface area contributed by atoms with Crippen LogP contribution in [0.25, 0.3) is 0 Å². The minimum Gasteiger partial charge on any atom is -0.212 e. The molecule has 0 saturated heterocycles. The normalized spacial score (nSPS) is 11.7. The second-order valence-electron chi connectivity index (χ2n) is 4.00. The van der Waals surface area contributed by atoms with Gasteiger partial charge in [-0.1, -0.05) is 60.7 Å². The number of nitrogens with one attached hydrogen (secondary N) is 1. The van der Waals surface area contributed by atoms with Gasteiger partial charge in [-0.15, -0.1) is 0 Å². The fraction of sp³-hybridized carbons (Fsp3) is 0.143.